The number of rotatable bonds is 5. The highest BCUT2D eigenvalue weighted by atomic mass is 19.3. The maximum atomic E-state index is 13.3. The van der Waals surface area contributed by atoms with Gasteiger partial charge < -0.3 is 5.11 Å². The van der Waals surface area contributed by atoms with E-state index >= 15 is 0 Å². The second-order valence-electron chi connectivity index (χ2n) is 7.44. The molecule has 2 N–H and O–H groups in total. The molecular weight excluding hydrogens is 430 g/mol. The second kappa shape index (κ2) is 8.69. The number of H-pyrrole nitrogens is 1. The summed E-state index contributed by atoms with van der Waals surface area (Å²) >= 11 is 0. The highest BCUT2D eigenvalue weighted by Gasteiger charge is 2.37. The third-order valence-electron chi connectivity index (χ3n) is 5.59. The molecule has 1 aliphatic heterocycles. The number of hydrogen-bond donors (Lipinski definition) is 2. The molecule has 2 heterocycles. The van der Waals surface area contributed by atoms with Crippen molar-refractivity contribution in [3.05, 3.63) is 86.5 Å². The zero-order valence-corrected chi connectivity index (χ0v) is 17.5. The van der Waals surface area contributed by atoms with Gasteiger partial charge in [0.05, 0.1) is 23.3 Å². The lowest BCUT2D eigenvalue weighted by molar-refractivity contribution is 0.151. The number of allylic oxidation sites excluding steroid dienone is 2. The molecule has 4 rings (SSSR count). The molecule has 0 aliphatic carbocycles. The lowest BCUT2D eigenvalue weighted by Crippen LogP contribution is -2.35. The van der Waals surface area contributed by atoms with Crippen molar-refractivity contribution >= 4 is 11.6 Å². The lowest BCUT2D eigenvalue weighted by Gasteiger charge is -2.35. The number of aliphatic hydroxyl groups is 1. The number of aromatic amines is 1. The summed E-state index contributed by atoms with van der Waals surface area (Å²) in [5.41, 5.74) is 1.69. The fraction of sp³-hybridized carbons (Fsp3) is 0.217. The number of alkyl halides is 2. The first kappa shape index (κ1) is 21.9. The van der Waals surface area contributed by atoms with Crippen molar-refractivity contribution in [2.75, 3.05) is 11.5 Å². The van der Waals surface area contributed by atoms with Crippen LogP contribution in [0.4, 0.5) is 20.4 Å². The van der Waals surface area contributed by atoms with E-state index < -0.39 is 18.2 Å². The number of fused-ring (bicyclic) bond motifs is 1. The van der Waals surface area contributed by atoms with Gasteiger partial charge in [0.15, 0.2) is 0 Å². The molecule has 1 atom stereocenters. The molecule has 1 aliphatic rings. The molecule has 166 valence electrons. The summed E-state index contributed by atoms with van der Waals surface area (Å²) in [5, 5.41) is 35.4. The highest BCUT2D eigenvalue weighted by Crippen LogP contribution is 2.42. The van der Waals surface area contributed by atoms with Crippen LogP contribution in [0, 0.1) is 22.7 Å². The average Bonchev–Trinajstić information content (AvgIpc) is 3.19. The third-order valence-corrected chi connectivity index (χ3v) is 5.59. The minimum absolute atomic E-state index is 0.132. The van der Waals surface area contributed by atoms with Crippen molar-refractivity contribution in [3.8, 4) is 12.1 Å². The molecule has 2 aromatic carbocycles. The Morgan fingerprint density at radius 2 is 2.00 bits per heavy atom. The van der Waals surface area contributed by atoms with Gasteiger partial charge >= 0.3 is 5.69 Å². The van der Waals surface area contributed by atoms with Gasteiger partial charge in [0.1, 0.15) is 6.04 Å². The van der Waals surface area contributed by atoms with Crippen molar-refractivity contribution in [1.29, 1.82) is 10.5 Å². The van der Waals surface area contributed by atoms with Crippen LogP contribution < -0.4 is 10.6 Å². The number of hydrogen-bond acceptors (Lipinski definition) is 6. The standard InChI is InChI=1S/C23H18F2N6O2/c1-13-19(12-27)20(18-6-5-14(11-26)9-15(18)7-8-32)31-22(28-29-23(31)33)30(13)17-4-2-3-16(10-17)21(24)25/h2-6,9-10,20-21,32H,7-8H2,1H3,(H,29,33)/t20-/m1/s1. The van der Waals surface area contributed by atoms with Crippen molar-refractivity contribution < 1.29 is 13.9 Å². The molecule has 0 amide bonds. The maximum Gasteiger partial charge on any atom is 0.345 e. The maximum absolute atomic E-state index is 13.3. The minimum atomic E-state index is -2.69. The molecule has 0 unspecified atom stereocenters. The lowest BCUT2D eigenvalue weighted by atomic mass is 9.90. The van der Waals surface area contributed by atoms with Gasteiger partial charge in [0, 0.05) is 23.6 Å². The molecule has 0 spiro atoms. The SMILES string of the molecule is CC1=C(C#N)[C@@H](c2ccc(C#N)cc2CCO)n2c(n[nH]c2=O)N1c1cccc(C(F)F)c1. The van der Waals surface area contributed by atoms with Crippen molar-refractivity contribution in [2.45, 2.75) is 25.8 Å². The first-order valence-electron chi connectivity index (χ1n) is 10.0. The van der Waals surface area contributed by atoms with Crippen molar-refractivity contribution in [3.63, 3.8) is 0 Å². The van der Waals surface area contributed by atoms with Crippen LogP contribution in [0.3, 0.4) is 0 Å². The predicted molar refractivity (Wildman–Crippen MR) is 115 cm³/mol. The number of nitrogens with zero attached hydrogens (tertiary/aromatic N) is 5. The number of nitriles is 2. The number of aromatic nitrogens is 3. The number of nitrogens with one attached hydrogen (secondary N) is 1. The van der Waals surface area contributed by atoms with Crippen LogP contribution in [-0.4, -0.2) is 26.5 Å². The van der Waals surface area contributed by atoms with Gasteiger partial charge in [-0.1, -0.05) is 18.2 Å². The van der Waals surface area contributed by atoms with Gasteiger partial charge in [-0.15, -0.1) is 5.10 Å². The van der Waals surface area contributed by atoms with Crippen LogP contribution in [0.15, 0.2) is 58.5 Å². The summed E-state index contributed by atoms with van der Waals surface area (Å²) in [6.45, 7) is 1.46. The summed E-state index contributed by atoms with van der Waals surface area (Å²) in [6, 6.07) is 13.8. The zero-order chi connectivity index (χ0) is 23.7. The molecule has 10 heteroatoms. The summed E-state index contributed by atoms with van der Waals surface area (Å²) in [7, 11) is 0. The Morgan fingerprint density at radius 3 is 2.67 bits per heavy atom. The number of anilines is 2. The topological polar surface area (TPSA) is 122 Å². The van der Waals surface area contributed by atoms with E-state index in [1.165, 1.54) is 27.7 Å². The summed E-state index contributed by atoms with van der Waals surface area (Å²) < 4.78 is 27.9. The molecule has 0 radical (unpaired) electrons. The zero-order valence-electron chi connectivity index (χ0n) is 17.5. The van der Waals surface area contributed by atoms with E-state index in [-0.39, 0.29) is 30.1 Å². The Bertz CT molecular complexity index is 1390. The van der Waals surface area contributed by atoms with Crippen LogP contribution in [0.1, 0.15) is 41.6 Å². The third kappa shape index (κ3) is 3.67. The van der Waals surface area contributed by atoms with E-state index in [1.54, 1.807) is 31.2 Å². The Morgan fingerprint density at radius 1 is 1.21 bits per heavy atom. The van der Waals surface area contributed by atoms with Gasteiger partial charge in [0.25, 0.3) is 6.43 Å². The molecule has 1 aromatic heterocycles. The summed E-state index contributed by atoms with van der Waals surface area (Å²) in [6.07, 6.45) is -2.48. The molecule has 0 saturated carbocycles. The second-order valence-corrected chi connectivity index (χ2v) is 7.44. The van der Waals surface area contributed by atoms with Crippen molar-refractivity contribution in [1.82, 2.24) is 14.8 Å². The van der Waals surface area contributed by atoms with E-state index in [4.69, 9.17) is 0 Å². The van der Waals surface area contributed by atoms with E-state index in [1.807, 2.05) is 6.07 Å². The Balaban J connectivity index is 1.98. The predicted octanol–water partition coefficient (Wildman–Crippen LogP) is 3.45. The first-order valence-corrected chi connectivity index (χ1v) is 10.0. The minimum Gasteiger partial charge on any atom is -0.396 e. The van der Waals surface area contributed by atoms with Crippen molar-refractivity contribution in [2.24, 2.45) is 0 Å². The molecule has 0 bridgehead atoms. The van der Waals surface area contributed by atoms with Crippen LogP contribution >= 0.6 is 0 Å². The van der Waals surface area contributed by atoms with E-state index in [9.17, 15) is 29.2 Å². The largest absolute Gasteiger partial charge is 0.396 e. The molecule has 3 aromatic rings. The van der Waals surface area contributed by atoms with Crippen LogP contribution in [0.2, 0.25) is 0 Å². The molecule has 8 nitrogen and oxygen atoms in total. The number of aliphatic hydroxyl groups excluding tert-OH is 1. The normalized spacial score (nSPS) is 15.4. The summed E-state index contributed by atoms with van der Waals surface area (Å²) in [4.78, 5) is 14.3. The quantitative estimate of drug-likeness (QED) is 0.617. The monoisotopic (exact) mass is 448 g/mol. The van der Waals surface area contributed by atoms with Crippen LogP contribution in [0.25, 0.3) is 0 Å². The van der Waals surface area contributed by atoms with Crippen LogP contribution in [-0.2, 0) is 6.42 Å². The first-order chi connectivity index (χ1) is 15.9. The number of halogens is 2. The van der Waals surface area contributed by atoms with Crippen LogP contribution in [0.5, 0.6) is 0 Å². The van der Waals surface area contributed by atoms with Gasteiger partial charge in [-0.3, -0.25) is 4.90 Å². The van der Waals surface area contributed by atoms with Gasteiger partial charge in [-0.05, 0) is 48.7 Å². The fourth-order valence-corrected chi connectivity index (χ4v) is 4.11. The Labute approximate surface area is 187 Å². The van der Waals surface area contributed by atoms with Gasteiger partial charge in [0.2, 0.25) is 5.95 Å². The molecule has 0 saturated heterocycles. The Hall–Kier alpha value is -4.28. The smallest absolute Gasteiger partial charge is 0.345 e. The summed E-state index contributed by atoms with van der Waals surface area (Å²) in [5.74, 6) is 0.132. The molecular formula is C23H18F2N6O2. The average molecular weight is 448 g/mol. The Kier molecular flexibility index (Phi) is 5.78. The highest BCUT2D eigenvalue weighted by molar-refractivity contribution is 5.69. The molecule has 33 heavy (non-hydrogen) atoms. The van der Waals surface area contributed by atoms with Gasteiger partial charge in [-0.2, -0.15) is 10.5 Å². The van der Waals surface area contributed by atoms with E-state index in [0.29, 0.717) is 28.1 Å². The van der Waals surface area contributed by atoms with E-state index in [2.05, 4.69) is 16.3 Å². The fourth-order valence-electron chi connectivity index (χ4n) is 4.11. The molecule has 0 fully saturated rings. The van der Waals surface area contributed by atoms with Gasteiger partial charge in [-0.25, -0.2) is 23.2 Å². The number of benzene rings is 2. The van der Waals surface area contributed by atoms with E-state index in [0.717, 1.165) is 0 Å².